The zero-order chi connectivity index (χ0) is 12.9. The van der Waals surface area contributed by atoms with Gasteiger partial charge in [0.2, 0.25) is 0 Å². The fraction of sp³-hybridized carbons (Fsp3) is 0.500. The molecule has 0 fully saturated rings. The molecule has 17 heavy (non-hydrogen) atoms. The average molecular weight is 370 g/mol. The highest BCUT2D eigenvalue weighted by Crippen LogP contribution is 2.09. The Hall–Kier alpha value is 0.0600. The molecule has 1 aromatic carbocycles. The van der Waals surface area contributed by atoms with Gasteiger partial charge >= 0.3 is 0 Å². The molecule has 0 saturated carbocycles. The second-order valence-electron chi connectivity index (χ2n) is 3.17. The first-order chi connectivity index (χ1) is 8.26. The number of benzene rings is 1. The SMILES string of the molecule is BrCCCOCBr.OCC(O)c1ccccc1. The molecule has 0 spiro atoms. The van der Waals surface area contributed by atoms with Gasteiger partial charge in [-0.1, -0.05) is 62.2 Å². The molecule has 0 aliphatic heterocycles. The average Bonchev–Trinajstić information content (AvgIpc) is 2.40. The molecule has 1 rings (SSSR count). The highest BCUT2D eigenvalue weighted by Gasteiger charge is 2.02. The molecule has 0 saturated heterocycles. The summed E-state index contributed by atoms with van der Waals surface area (Å²) in [6.07, 6.45) is 0.354. The van der Waals surface area contributed by atoms with E-state index in [4.69, 9.17) is 14.9 Å². The minimum Gasteiger partial charge on any atom is -0.393 e. The highest BCUT2D eigenvalue weighted by molar-refractivity contribution is 9.09. The van der Waals surface area contributed by atoms with Crippen LogP contribution in [0.25, 0.3) is 0 Å². The maximum Gasteiger partial charge on any atom is 0.102 e. The molecule has 5 heteroatoms. The van der Waals surface area contributed by atoms with Crippen molar-refractivity contribution in [1.29, 1.82) is 0 Å². The van der Waals surface area contributed by atoms with Crippen molar-refractivity contribution in [2.75, 3.05) is 24.1 Å². The van der Waals surface area contributed by atoms with Crippen LogP contribution in [0.4, 0.5) is 0 Å². The fourth-order valence-electron chi connectivity index (χ4n) is 0.992. The fourth-order valence-corrected chi connectivity index (χ4v) is 1.45. The van der Waals surface area contributed by atoms with Gasteiger partial charge in [-0.2, -0.15) is 0 Å². The number of alkyl halides is 2. The summed E-state index contributed by atoms with van der Waals surface area (Å²) in [5, 5.41) is 18.6. The predicted molar refractivity (Wildman–Crippen MR) is 76.6 cm³/mol. The lowest BCUT2D eigenvalue weighted by atomic mass is 10.1. The van der Waals surface area contributed by atoms with Crippen LogP contribution in [-0.2, 0) is 4.74 Å². The van der Waals surface area contributed by atoms with Crippen molar-refractivity contribution in [3.63, 3.8) is 0 Å². The monoisotopic (exact) mass is 368 g/mol. The number of hydrogen-bond donors (Lipinski definition) is 2. The third-order valence-electron chi connectivity index (χ3n) is 1.86. The molecule has 3 nitrogen and oxygen atoms in total. The van der Waals surface area contributed by atoms with Crippen LogP contribution in [0.5, 0.6) is 0 Å². The van der Waals surface area contributed by atoms with E-state index in [9.17, 15) is 0 Å². The van der Waals surface area contributed by atoms with Gasteiger partial charge in [0.15, 0.2) is 0 Å². The van der Waals surface area contributed by atoms with E-state index in [-0.39, 0.29) is 6.61 Å². The van der Waals surface area contributed by atoms with Crippen LogP contribution >= 0.6 is 31.9 Å². The Morgan fingerprint density at radius 2 is 1.82 bits per heavy atom. The van der Waals surface area contributed by atoms with Crippen LogP contribution < -0.4 is 0 Å². The molecule has 98 valence electrons. The zero-order valence-corrected chi connectivity index (χ0v) is 12.7. The van der Waals surface area contributed by atoms with E-state index in [1.807, 2.05) is 18.2 Å². The number of aliphatic hydroxyl groups is 2. The van der Waals surface area contributed by atoms with E-state index in [1.165, 1.54) is 0 Å². The summed E-state index contributed by atoms with van der Waals surface area (Å²) in [6.45, 7) is 0.626. The molecule has 0 aliphatic carbocycles. The highest BCUT2D eigenvalue weighted by atomic mass is 79.9. The lowest BCUT2D eigenvalue weighted by molar-refractivity contribution is 0.0956. The van der Waals surface area contributed by atoms with E-state index in [0.29, 0.717) is 5.52 Å². The van der Waals surface area contributed by atoms with Crippen LogP contribution in [0.2, 0.25) is 0 Å². The van der Waals surface area contributed by atoms with Crippen molar-refractivity contribution in [2.24, 2.45) is 0 Å². The van der Waals surface area contributed by atoms with E-state index in [2.05, 4.69) is 31.9 Å². The van der Waals surface area contributed by atoms with Gasteiger partial charge in [-0.05, 0) is 12.0 Å². The zero-order valence-electron chi connectivity index (χ0n) is 9.56. The Morgan fingerprint density at radius 1 is 1.18 bits per heavy atom. The number of halogens is 2. The van der Waals surface area contributed by atoms with Gasteiger partial charge < -0.3 is 14.9 Å². The Kier molecular flexibility index (Phi) is 12.6. The summed E-state index contributed by atoms with van der Waals surface area (Å²) in [4.78, 5) is 0. The van der Waals surface area contributed by atoms with Crippen LogP contribution in [-0.4, -0.2) is 34.3 Å². The molecule has 2 N–H and O–H groups in total. The summed E-state index contributed by atoms with van der Waals surface area (Å²) in [7, 11) is 0. The Morgan fingerprint density at radius 3 is 2.29 bits per heavy atom. The van der Waals surface area contributed by atoms with E-state index >= 15 is 0 Å². The molecule has 1 aromatic rings. The predicted octanol–water partition coefficient (Wildman–Crippen LogP) is 2.85. The number of rotatable bonds is 6. The normalized spacial score (nSPS) is 11.5. The first kappa shape index (κ1) is 17.1. The van der Waals surface area contributed by atoms with Gasteiger partial charge in [-0.15, -0.1) is 0 Å². The molecular weight excluding hydrogens is 352 g/mol. The number of hydrogen-bond acceptors (Lipinski definition) is 3. The van der Waals surface area contributed by atoms with Gasteiger partial charge in [-0.25, -0.2) is 0 Å². The van der Waals surface area contributed by atoms with E-state index < -0.39 is 6.10 Å². The van der Waals surface area contributed by atoms with Crippen LogP contribution in [0.3, 0.4) is 0 Å². The molecular formula is C12H18Br2O3. The van der Waals surface area contributed by atoms with Crippen molar-refractivity contribution in [3.8, 4) is 0 Å². The van der Waals surface area contributed by atoms with Crippen molar-refractivity contribution in [2.45, 2.75) is 12.5 Å². The number of aliphatic hydroxyl groups excluding tert-OH is 2. The second-order valence-corrected chi connectivity index (χ2v) is 4.42. The molecule has 1 atom stereocenters. The Labute approximate surface area is 119 Å². The Bertz CT molecular complexity index is 253. The van der Waals surface area contributed by atoms with Gasteiger partial charge in [0.05, 0.1) is 6.61 Å². The van der Waals surface area contributed by atoms with Gasteiger partial charge in [0.25, 0.3) is 0 Å². The van der Waals surface area contributed by atoms with Gasteiger partial charge in [-0.3, -0.25) is 0 Å². The molecule has 0 aliphatic rings. The van der Waals surface area contributed by atoms with Crippen molar-refractivity contribution >= 4 is 31.9 Å². The molecule has 0 bridgehead atoms. The van der Waals surface area contributed by atoms with Crippen molar-refractivity contribution in [1.82, 2.24) is 0 Å². The van der Waals surface area contributed by atoms with Crippen molar-refractivity contribution in [3.05, 3.63) is 35.9 Å². The van der Waals surface area contributed by atoms with Crippen LogP contribution in [0, 0.1) is 0 Å². The summed E-state index contributed by atoms with van der Waals surface area (Å²) in [5.41, 5.74) is 1.41. The molecule has 0 heterocycles. The summed E-state index contributed by atoms with van der Waals surface area (Å²) in [5.74, 6) is 0. The lowest BCUT2D eigenvalue weighted by Gasteiger charge is -2.05. The maximum atomic E-state index is 9.08. The minimum absolute atomic E-state index is 0.218. The quantitative estimate of drug-likeness (QED) is 0.598. The Balaban J connectivity index is 0.000000325. The molecule has 1 unspecified atom stereocenters. The lowest BCUT2D eigenvalue weighted by Crippen LogP contribution is -2.01. The minimum atomic E-state index is -0.735. The smallest absolute Gasteiger partial charge is 0.102 e. The number of ether oxygens (including phenoxy) is 1. The third kappa shape index (κ3) is 9.73. The van der Waals surface area contributed by atoms with Crippen molar-refractivity contribution < 1.29 is 14.9 Å². The largest absolute Gasteiger partial charge is 0.393 e. The maximum absolute atomic E-state index is 9.08. The summed E-state index contributed by atoms with van der Waals surface area (Å²) < 4.78 is 4.96. The molecule has 0 aromatic heterocycles. The standard InChI is InChI=1S/C8H10O2.C4H8Br2O/c9-6-8(10)7-4-2-1-3-5-7;5-2-1-3-7-4-6/h1-5,8-10H,6H2;1-4H2. The third-order valence-corrected chi connectivity index (χ3v) is 2.74. The van der Waals surface area contributed by atoms with E-state index in [0.717, 1.165) is 23.9 Å². The van der Waals surface area contributed by atoms with Crippen LogP contribution in [0.1, 0.15) is 18.1 Å². The first-order valence-electron chi connectivity index (χ1n) is 5.29. The molecule has 0 radical (unpaired) electrons. The molecule has 0 amide bonds. The van der Waals surface area contributed by atoms with Gasteiger partial charge in [0, 0.05) is 11.9 Å². The second kappa shape index (κ2) is 12.5. The summed E-state index contributed by atoms with van der Waals surface area (Å²) >= 11 is 6.43. The first-order valence-corrected chi connectivity index (χ1v) is 7.54. The summed E-state index contributed by atoms with van der Waals surface area (Å²) in [6, 6.07) is 9.08. The van der Waals surface area contributed by atoms with E-state index in [1.54, 1.807) is 12.1 Å². The van der Waals surface area contributed by atoms with Gasteiger partial charge in [0.1, 0.15) is 11.6 Å². The topological polar surface area (TPSA) is 49.7 Å². The van der Waals surface area contributed by atoms with Crippen LogP contribution in [0.15, 0.2) is 30.3 Å².